The van der Waals surface area contributed by atoms with Crippen molar-refractivity contribution in [3.63, 3.8) is 0 Å². The van der Waals surface area contributed by atoms with Crippen LogP contribution in [0, 0.1) is 0 Å². The van der Waals surface area contributed by atoms with Crippen molar-refractivity contribution >= 4 is 11.9 Å². The Kier molecular flexibility index (Phi) is 10.9. The Morgan fingerprint density at radius 3 is 1.42 bits per heavy atom. The smallest absolute Gasteiger partial charge is 0.419 e. The summed E-state index contributed by atoms with van der Waals surface area (Å²) in [5, 5.41) is 86.3. The number of rotatable bonds is 10. The number of hydrogen-bond acceptors (Lipinski definition) is 16. The molecule has 2 saturated heterocycles. The molecule has 10 N–H and O–H groups in total. The molecule has 210 valence electrons. The molecule has 0 radical (unpaired) electrons. The van der Waals surface area contributed by atoms with Crippen molar-refractivity contribution < 1.29 is 69.4 Å². The van der Waals surface area contributed by atoms with Gasteiger partial charge in [-0.25, -0.2) is 9.59 Å². The van der Waals surface area contributed by atoms with Crippen molar-refractivity contribution in [1.82, 2.24) is 10.6 Å². The van der Waals surface area contributed by atoms with Crippen molar-refractivity contribution in [1.29, 1.82) is 0 Å². The van der Waals surface area contributed by atoms with Gasteiger partial charge in [0.2, 0.25) is 24.0 Å². The summed E-state index contributed by atoms with van der Waals surface area (Å²) >= 11 is 0. The van der Waals surface area contributed by atoms with Crippen LogP contribution < -0.4 is 10.6 Å². The third-order valence-electron chi connectivity index (χ3n) is 5.78. The standard InChI is InChI=1S/C20H36N2O14/c1-3-5-21-17(19(31)13(27)11(25)9(23)7-33-19)35-15(29)16(30)36-18(22-6-4-2)20(32)14(28)12(26)10(24)8-34-20/h9-14,17-18,21-28,31-32H,3-8H2,1-2H3/t9-,10-,11-,12-,13+,14+,17?,18?,19-,20-/m1/s1. The molecule has 10 atom stereocenters. The first-order valence-electron chi connectivity index (χ1n) is 11.5. The maximum absolute atomic E-state index is 12.5. The van der Waals surface area contributed by atoms with E-state index in [4.69, 9.17) is 18.9 Å². The summed E-state index contributed by atoms with van der Waals surface area (Å²) in [6.07, 6.45) is -14.1. The van der Waals surface area contributed by atoms with Crippen LogP contribution in [-0.2, 0) is 28.5 Å². The van der Waals surface area contributed by atoms with Gasteiger partial charge < -0.3 is 59.8 Å². The fourth-order valence-corrected chi connectivity index (χ4v) is 3.58. The average molecular weight is 529 g/mol. The van der Waals surface area contributed by atoms with E-state index in [0.29, 0.717) is 12.8 Å². The number of hydrogen-bond donors (Lipinski definition) is 10. The highest BCUT2D eigenvalue weighted by Crippen LogP contribution is 2.30. The Hall–Kier alpha value is -1.54. The molecule has 16 nitrogen and oxygen atoms in total. The van der Waals surface area contributed by atoms with E-state index in [1.807, 2.05) is 0 Å². The second-order valence-electron chi connectivity index (χ2n) is 8.61. The molecular weight excluding hydrogens is 492 g/mol. The van der Waals surface area contributed by atoms with Crippen molar-refractivity contribution in [2.45, 2.75) is 87.3 Å². The van der Waals surface area contributed by atoms with E-state index in [9.17, 15) is 50.4 Å². The van der Waals surface area contributed by atoms with Crippen LogP contribution in [0.25, 0.3) is 0 Å². The Bertz CT molecular complexity index is 685. The van der Waals surface area contributed by atoms with Crippen LogP contribution in [0.1, 0.15) is 26.7 Å². The van der Waals surface area contributed by atoms with Crippen LogP contribution >= 0.6 is 0 Å². The molecule has 2 unspecified atom stereocenters. The van der Waals surface area contributed by atoms with Crippen LogP contribution in [0.4, 0.5) is 0 Å². The molecule has 0 bridgehead atoms. The van der Waals surface area contributed by atoms with Crippen LogP contribution in [-0.4, -0.2) is 140 Å². The maximum Gasteiger partial charge on any atom is 0.419 e. The minimum atomic E-state index is -2.77. The maximum atomic E-state index is 12.5. The molecule has 2 heterocycles. The Morgan fingerprint density at radius 2 is 1.11 bits per heavy atom. The number of aliphatic hydroxyl groups is 8. The topological polar surface area (TPSA) is 257 Å². The highest BCUT2D eigenvalue weighted by atomic mass is 16.7. The van der Waals surface area contributed by atoms with Gasteiger partial charge in [0.15, 0.2) is 0 Å². The quantitative estimate of drug-likeness (QED) is 0.0720. The van der Waals surface area contributed by atoms with Crippen molar-refractivity contribution in [2.75, 3.05) is 26.3 Å². The Balaban J connectivity index is 2.20. The van der Waals surface area contributed by atoms with Crippen LogP contribution in [0.15, 0.2) is 0 Å². The first-order chi connectivity index (χ1) is 16.8. The van der Waals surface area contributed by atoms with Gasteiger partial charge in [0.05, 0.1) is 13.2 Å². The lowest BCUT2D eigenvalue weighted by atomic mass is 9.95. The zero-order chi connectivity index (χ0) is 27.3. The lowest BCUT2D eigenvalue weighted by Crippen LogP contribution is -2.70. The molecule has 0 aliphatic carbocycles. The molecule has 0 spiro atoms. The van der Waals surface area contributed by atoms with E-state index in [2.05, 4.69) is 10.6 Å². The fraction of sp³-hybridized carbons (Fsp3) is 0.900. The minimum absolute atomic E-state index is 0.0880. The van der Waals surface area contributed by atoms with Crippen molar-refractivity contribution in [3.8, 4) is 0 Å². The summed E-state index contributed by atoms with van der Waals surface area (Å²) in [4.78, 5) is 25.1. The zero-order valence-electron chi connectivity index (χ0n) is 19.9. The first kappa shape index (κ1) is 30.7. The van der Waals surface area contributed by atoms with Gasteiger partial charge in [-0.2, -0.15) is 0 Å². The molecule has 0 aromatic rings. The number of nitrogens with one attached hydrogen (secondary N) is 2. The van der Waals surface area contributed by atoms with E-state index < -0.39 is 85.8 Å². The van der Waals surface area contributed by atoms with Gasteiger partial charge >= 0.3 is 11.9 Å². The van der Waals surface area contributed by atoms with Gasteiger partial charge in [-0.1, -0.05) is 13.8 Å². The van der Waals surface area contributed by atoms with E-state index >= 15 is 0 Å². The molecule has 2 aliphatic heterocycles. The van der Waals surface area contributed by atoms with Gasteiger partial charge in [-0.3, -0.25) is 10.6 Å². The largest absolute Gasteiger partial charge is 0.432 e. The third-order valence-corrected chi connectivity index (χ3v) is 5.78. The highest BCUT2D eigenvalue weighted by Gasteiger charge is 2.57. The number of carbonyl (C=O) groups is 2. The van der Waals surface area contributed by atoms with Gasteiger partial charge in [0.1, 0.15) is 36.6 Å². The lowest BCUT2D eigenvalue weighted by Gasteiger charge is -2.45. The Morgan fingerprint density at radius 1 is 0.778 bits per heavy atom. The third kappa shape index (κ3) is 6.47. The van der Waals surface area contributed by atoms with Crippen LogP contribution in [0.3, 0.4) is 0 Å². The average Bonchev–Trinajstić information content (AvgIpc) is 2.86. The zero-order valence-corrected chi connectivity index (χ0v) is 19.9. The SMILES string of the molecule is CCCNC(OC(=O)C(=O)OC(NCCC)[C@]1(O)OC[C@@H](O)[C@@H](O)[C@@H]1O)[C@]1(O)OC[C@@H](O)[C@@H](O)[C@@H]1O. The number of esters is 2. The van der Waals surface area contributed by atoms with Gasteiger partial charge in [-0.15, -0.1) is 0 Å². The molecular formula is C20H36N2O14. The summed E-state index contributed by atoms with van der Waals surface area (Å²) in [5.41, 5.74) is 0. The molecule has 0 aromatic carbocycles. The molecule has 16 heteroatoms. The number of ether oxygens (including phenoxy) is 4. The lowest BCUT2D eigenvalue weighted by molar-refractivity contribution is -0.359. The molecule has 2 rings (SSSR count). The van der Waals surface area contributed by atoms with E-state index in [-0.39, 0.29) is 13.1 Å². The normalized spacial score (nSPS) is 38.7. The fourth-order valence-electron chi connectivity index (χ4n) is 3.58. The minimum Gasteiger partial charge on any atom is -0.432 e. The molecule has 36 heavy (non-hydrogen) atoms. The summed E-state index contributed by atoms with van der Waals surface area (Å²) in [7, 11) is 0. The number of aliphatic hydroxyl groups excluding tert-OH is 6. The first-order valence-corrected chi connectivity index (χ1v) is 11.5. The molecule has 0 amide bonds. The van der Waals surface area contributed by atoms with Gasteiger partial charge in [0.25, 0.3) is 0 Å². The summed E-state index contributed by atoms with van der Waals surface area (Å²) in [6.45, 7) is 2.33. The molecule has 2 aliphatic rings. The van der Waals surface area contributed by atoms with Crippen molar-refractivity contribution in [2.24, 2.45) is 0 Å². The molecule has 0 saturated carbocycles. The predicted molar refractivity (Wildman–Crippen MR) is 114 cm³/mol. The van der Waals surface area contributed by atoms with Gasteiger partial charge in [-0.05, 0) is 25.9 Å². The second kappa shape index (κ2) is 12.8. The molecule has 0 aromatic heterocycles. The van der Waals surface area contributed by atoms with Crippen molar-refractivity contribution in [3.05, 3.63) is 0 Å². The van der Waals surface area contributed by atoms with E-state index in [1.165, 1.54) is 0 Å². The monoisotopic (exact) mass is 528 g/mol. The van der Waals surface area contributed by atoms with Crippen LogP contribution in [0.2, 0.25) is 0 Å². The summed E-state index contributed by atoms with van der Waals surface area (Å²) in [5.74, 6) is -9.03. The Labute approximate surface area is 206 Å². The van der Waals surface area contributed by atoms with Gasteiger partial charge in [0, 0.05) is 0 Å². The van der Waals surface area contributed by atoms with E-state index in [0.717, 1.165) is 0 Å². The number of carbonyl (C=O) groups excluding carboxylic acids is 2. The predicted octanol–water partition coefficient (Wildman–Crippen LogP) is -5.67. The summed E-state index contributed by atoms with van der Waals surface area (Å²) < 4.78 is 20.0. The second-order valence-corrected chi connectivity index (χ2v) is 8.61. The summed E-state index contributed by atoms with van der Waals surface area (Å²) in [6, 6.07) is 0. The van der Waals surface area contributed by atoms with Crippen LogP contribution in [0.5, 0.6) is 0 Å². The molecule has 2 fully saturated rings. The van der Waals surface area contributed by atoms with E-state index in [1.54, 1.807) is 13.8 Å². The highest BCUT2D eigenvalue weighted by molar-refractivity contribution is 6.29.